The van der Waals surface area contributed by atoms with Crippen LogP contribution in [0.1, 0.15) is 47.0 Å². The Kier molecular flexibility index (Phi) is 4.36. The van der Waals surface area contributed by atoms with E-state index in [0.29, 0.717) is 18.3 Å². The highest BCUT2D eigenvalue weighted by Gasteiger charge is 2.31. The highest BCUT2D eigenvalue weighted by molar-refractivity contribution is 5.76. The molecule has 16 heavy (non-hydrogen) atoms. The molecule has 1 amide bonds. The van der Waals surface area contributed by atoms with Gasteiger partial charge in [-0.25, -0.2) is 0 Å². The van der Waals surface area contributed by atoms with Gasteiger partial charge in [0.15, 0.2) is 0 Å². The third kappa shape index (κ3) is 3.78. The fourth-order valence-corrected chi connectivity index (χ4v) is 2.31. The van der Waals surface area contributed by atoms with Crippen LogP contribution < -0.4 is 0 Å². The second kappa shape index (κ2) is 5.17. The SMILES string of the molecule is CC(C)CC(=O)N1CCC(C(C)(C)O)CC1. The van der Waals surface area contributed by atoms with Crippen LogP contribution in [0.4, 0.5) is 0 Å². The molecule has 1 N–H and O–H groups in total. The van der Waals surface area contributed by atoms with Crippen molar-refractivity contribution in [3.05, 3.63) is 0 Å². The molecule has 0 radical (unpaired) electrons. The summed E-state index contributed by atoms with van der Waals surface area (Å²) in [5, 5.41) is 9.91. The quantitative estimate of drug-likeness (QED) is 0.801. The van der Waals surface area contributed by atoms with E-state index < -0.39 is 5.60 Å². The van der Waals surface area contributed by atoms with Gasteiger partial charge in [-0.05, 0) is 38.5 Å². The molecule has 0 aromatic rings. The molecule has 1 rings (SSSR count). The Hall–Kier alpha value is -0.570. The average Bonchev–Trinajstić information content (AvgIpc) is 2.15. The minimum absolute atomic E-state index is 0.268. The van der Waals surface area contributed by atoms with Gasteiger partial charge in [0.1, 0.15) is 0 Å². The van der Waals surface area contributed by atoms with Crippen molar-refractivity contribution in [1.29, 1.82) is 0 Å². The Labute approximate surface area is 98.8 Å². The van der Waals surface area contributed by atoms with Gasteiger partial charge in [-0.15, -0.1) is 0 Å². The molecule has 0 bridgehead atoms. The largest absolute Gasteiger partial charge is 0.390 e. The number of hydrogen-bond donors (Lipinski definition) is 1. The summed E-state index contributed by atoms with van der Waals surface area (Å²) in [7, 11) is 0. The second-order valence-corrected chi connectivity index (χ2v) is 5.91. The molecule has 0 aliphatic carbocycles. The van der Waals surface area contributed by atoms with Crippen molar-refractivity contribution in [3.63, 3.8) is 0 Å². The number of carbonyl (C=O) groups excluding carboxylic acids is 1. The molecule has 1 aliphatic heterocycles. The first-order chi connectivity index (χ1) is 7.30. The lowest BCUT2D eigenvalue weighted by Crippen LogP contribution is -2.44. The highest BCUT2D eigenvalue weighted by atomic mass is 16.3. The lowest BCUT2D eigenvalue weighted by molar-refractivity contribution is -0.134. The average molecular weight is 227 g/mol. The van der Waals surface area contributed by atoms with Crippen molar-refractivity contribution in [2.24, 2.45) is 11.8 Å². The lowest BCUT2D eigenvalue weighted by atomic mass is 9.83. The van der Waals surface area contributed by atoms with Gasteiger partial charge >= 0.3 is 0 Å². The molecule has 0 aromatic carbocycles. The number of amides is 1. The van der Waals surface area contributed by atoms with Gasteiger partial charge in [-0.2, -0.15) is 0 Å². The van der Waals surface area contributed by atoms with Gasteiger partial charge in [0.25, 0.3) is 0 Å². The molecule has 1 saturated heterocycles. The summed E-state index contributed by atoms with van der Waals surface area (Å²) in [5.41, 5.74) is -0.604. The molecule has 3 nitrogen and oxygen atoms in total. The first kappa shape index (κ1) is 13.5. The van der Waals surface area contributed by atoms with E-state index in [4.69, 9.17) is 0 Å². The van der Waals surface area contributed by atoms with E-state index in [0.717, 1.165) is 25.9 Å². The van der Waals surface area contributed by atoms with Gasteiger partial charge in [-0.3, -0.25) is 4.79 Å². The zero-order chi connectivity index (χ0) is 12.3. The lowest BCUT2D eigenvalue weighted by Gasteiger charge is -2.38. The zero-order valence-corrected chi connectivity index (χ0v) is 11.0. The molecular weight excluding hydrogens is 202 g/mol. The summed E-state index contributed by atoms with van der Waals surface area (Å²) in [6.45, 7) is 9.48. The fourth-order valence-electron chi connectivity index (χ4n) is 2.31. The maximum atomic E-state index is 11.8. The van der Waals surface area contributed by atoms with Crippen molar-refractivity contribution in [2.45, 2.75) is 52.6 Å². The molecular formula is C13H25NO2. The second-order valence-electron chi connectivity index (χ2n) is 5.91. The third-order valence-corrected chi connectivity index (χ3v) is 3.43. The van der Waals surface area contributed by atoms with Crippen molar-refractivity contribution >= 4 is 5.91 Å². The smallest absolute Gasteiger partial charge is 0.222 e. The number of piperidine rings is 1. The third-order valence-electron chi connectivity index (χ3n) is 3.43. The maximum absolute atomic E-state index is 11.8. The van der Waals surface area contributed by atoms with E-state index in [9.17, 15) is 9.90 Å². The summed E-state index contributed by atoms with van der Waals surface area (Å²) in [5.74, 6) is 1.03. The van der Waals surface area contributed by atoms with Crippen LogP contribution in [0.15, 0.2) is 0 Å². The topological polar surface area (TPSA) is 40.5 Å². The van der Waals surface area contributed by atoms with E-state index in [2.05, 4.69) is 13.8 Å². The van der Waals surface area contributed by atoms with Gasteiger partial charge in [-0.1, -0.05) is 13.8 Å². The molecule has 3 heteroatoms. The minimum atomic E-state index is -0.604. The molecule has 0 unspecified atom stereocenters. The Balaban J connectivity index is 2.40. The van der Waals surface area contributed by atoms with Crippen molar-refractivity contribution < 1.29 is 9.90 Å². The normalized spacial score (nSPS) is 19.2. The van der Waals surface area contributed by atoms with E-state index >= 15 is 0 Å². The van der Waals surface area contributed by atoms with Crippen molar-refractivity contribution in [2.75, 3.05) is 13.1 Å². The van der Waals surface area contributed by atoms with E-state index in [-0.39, 0.29) is 5.91 Å². The number of nitrogens with zero attached hydrogens (tertiary/aromatic N) is 1. The molecule has 0 spiro atoms. The van der Waals surface area contributed by atoms with Crippen LogP contribution in [0.25, 0.3) is 0 Å². The number of rotatable bonds is 3. The molecule has 1 aliphatic rings. The van der Waals surface area contributed by atoms with Crippen molar-refractivity contribution in [3.8, 4) is 0 Å². The van der Waals surface area contributed by atoms with Crippen LogP contribution in [-0.2, 0) is 4.79 Å². The number of hydrogen-bond acceptors (Lipinski definition) is 2. The Bertz CT molecular complexity index is 235. The molecule has 1 fully saturated rings. The van der Waals surface area contributed by atoms with Gasteiger partial charge < -0.3 is 10.0 Å². The predicted molar refractivity (Wildman–Crippen MR) is 65.1 cm³/mol. The Morgan fingerprint density at radius 2 is 1.88 bits per heavy atom. The summed E-state index contributed by atoms with van der Waals surface area (Å²) in [6.07, 6.45) is 2.49. The monoisotopic (exact) mass is 227 g/mol. The van der Waals surface area contributed by atoms with Gasteiger partial charge in [0.2, 0.25) is 5.91 Å². The summed E-state index contributed by atoms with van der Waals surface area (Å²) < 4.78 is 0. The molecule has 0 aromatic heterocycles. The standard InChI is InChI=1S/C13H25NO2/c1-10(2)9-12(15)14-7-5-11(6-8-14)13(3,4)16/h10-11,16H,5-9H2,1-4H3. The highest BCUT2D eigenvalue weighted by Crippen LogP contribution is 2.28. The minimum Gasteiger partial charge on any atom is -0.390 e. The Morgan fingerprint density at radius 3 is 2.25 bits per heavy atom. The van der Waals surface area contributed by atoms with E-state index in [1.807, 2.05) is 18.7 Å². The van der Waals surface area contributed by atoms with E-state index in [1.165, 1.54) is 0 Å². The molecule has 1 heterocycles. The number of carbonyl (C=O) groups is 1. The van der Waals surface area contributed by atoms with Crippen LogP contribution in [0.2, 0.25) is 0 Å². The van der Waals surface area contributed by atoms with Crippen LogP contribution in [0.3, 0.4) is 0 Å². The fraction of sp³-hybridized carbons (Fsp3) is 0.923. The van der Waals surface area contributed by atoms with Crippen LogP contribution in [0, 0.1) is 11.8 Å². The zero-order valence-electron chi connectivity index (χ0n) is 11.0. The number of aliphatic hydroxyl groups is 1. The van der Waals surface area contributed by atoms with Gasteiger partial charge in [0, 0.05) is 19.5 Å². The van der Waals surface area contributed by atoms with Gasteiger partial charge in [0.05, 0.1) is 5.60 Å². The molecule has 94 valence electrons. The summed E-state index contributed by atoms with van der Waals surface area (Å²) >= 11 is 0. The van der Waals surface area contributed by atoms with Crippen LogP contribution in [-0.4, -0.2) is 34.6 Å². The number of likely N-dealkylation sites (tertiary alicyclic amines) is 1. The van der Waals surface area contributed by atoms with E-state index in [1.54, 1.807) is 0 Å². The maximum Gasteiger partial charge on any atom is 0.222 e. The van der Waals surface area contributed by atoms with Crippen molar-refractivity contribution in [1.82, 2.24) is 4.90 Å². The summed E-state index contributed by atoms with van der Waals surface area (Å²) in [6, 6.07) is 0. The Morgan fingerprint density at radius 1 is 1.38 bits per heavy atom. The summed E-state index contributed by atoms with van der Waals surface area (Å²) in [4.78, 5) is 13.8. The first-order valence-corrected chi connectivity index (χ1v) is 6.31. The predicted octanol–water partition coefficient (Wildman–Crippen LogP) is 2.04. The van der Waals surface area contributed by atoms with Crippen LogP contribution >= 0.6 is 0 Å². The van der Waals surface area contributed by atoms with Crippen LogP contribution in [0.5, 0.6) is 0 Å². The first-order valence-electron chi connectivity index (χ1n) is 6.31. The molecule has 0 saturated carbocycles. The molecule has 0 atom stereocenters.